The molecular weight excluding hydrogens is 323 g/mol. The first-order valence-corrected chi connectivity index (χ1v) is 7.64. The van der Waals surface area contributed by atoms with Crippen LogP contribution >= 0.6 is 11.8 Å². The van der Waals surface area contributed by atoms with E-state index in [1.54, 1.807) is 0 Å². The Morgan fingerprint density at radius 3 is 2.52 bits per heavy atom. The van der Waals surface area contributed by atoms with Crippen LogP contribution in [0.3, 0.4) is 0 Å². The van der Waals surface area contributed by atoms with Gasteiger partial charge < -0.3 is 5.73 Å². The molecule has 2 rings (SSSR count). The van der Waals surface area contributed by atoms with E-state index in [1.807, 2.05) is 30.3 Å². The molecule has 120 valence electrons. The summed E-state index contributed by atoms with van der Waals surface area (Å²) in [5.41, 5.74) is 6.38. The van der Waals surface area contributed by atoms with E-state index >= 15 is 0 Å². The zero-order valence-corrected chi connectivity index (χ0v) is 12.8. The Kier molecular flexibility index (Phi) is 5.81. The van der Waals surface area contributed by atoms with Gasteiger partial charge >= 0.3 is 6.18 Å². The van der Waals surface area contributed by atoms with E-state index in [4.69, 9.17) is 5.73 Å². The molecule has 2 N–H and O–H groups in total. The second-order valence-electron chi connectivity index (χ2n) is 4.58. The fraction of sp³-hybridized carbons (Fsp3) is 0.125. The minimum atomic E-state index is -4.38. The van der Waals surface area contributed by atoms with Crippen LogP contribution in [-0.2, 0) is 11.9 Å². The van der Waals surface area contributed by atoms with E-state index in [1.165, 1.54) is 30.1 Å². The largest absolute Gasteiger partial charge is 0.416 e. The van der Waals surface area contributed by atoms with Crippen molar-refractivity contribution in [3.8, 4) is 0 Å². The van der Waals surface area contributed by atoms with Crippen molar-refractivity contribution in [3.63, 3.8) is 0 Å². The van der Waals surface area contributed by atoms with E-state index in [9.17, 15) is 13.2 Å². The van der Waals surface area contributed by atoms with Gasteiger partial charge in [0.25, 0.3) is 0 Å². The smallest absolute Gasteiger partial charge is 0.377 e. The van der Waals surface area contributed by atoms with Crippen molar-refractivity contribution >= 4 is 23.1 Å². The molecule has 0 aliphatic heterocycles. The number of nitrogens with zero attached hydrogens (tertiary/aromatic N) is 2. The molecule has 2 aromatic carbocycles. The van der Waals surface area contributed by atoms with Gasteiger partial charge in [-0.3, -0.25) is 0 Å². The fourth-order valence-electron chi connectivity index (χ4n) is 1.71. The summed E-state index contributed by atoms with van der Waals surface area (Å²) in [6, 6.07) is 14.5. The highest BCUT2D eigenvalue weighted by Crippen LogP contribution is 2.29. The van der Waals surface area contributed by atoms with E-state index in [0.29, 0.717) is 11.3 Å². The molecule has 0 radical (unpaired) electrons. The maximum absolute atomic E-state index is 12.6. The van der Waals surface area contributed by atoms with Gasteiger partial charge in [-0.15, -0.1) is 5.10 Å². The number of hydrogen-bond donors (Lipinski definition) is 1. The predicted molar refractivity (Wildman–Crippen MR) is 88.4 cm³/mol. The number of nitrogens with two attached hydrogens (primary N) is 1. The lowest BCUT2D eigenvalue weighted by molar-refractivity contribution is -0.137. The van der Waals surface area contributed by atoms with E-state index < -0.39 is 11.7 Å². The van der Waals surface area contributed by atoms with Crippen LogP contribution in [0.2, 0.25) is 0 Å². The molecule has 3 nitrogen and oxygen atoms in total. The van der Waals surface area contributed by atoms with Crippen LogP contribution in [0.4, 0.5) is 13.2 Å². The van der Waals surface area contributed by atoms with Crippen LogP contribution in [-0.4, -0.2) is 11.4 Å². The van der Waals surface area contributed by atoms with Crippen molar-refractivity contribution in [2.75, 3.05) is 0 Å². The molecular formula is C16H14F3N3S. The average molecular weight is 337 g/mol. The minimum Gasteiger partial charge on any atom is -0.377 e. The highest BCUT2D eigenvalue weighted by atomic mass is 32.2. The van der Waals surface area contributed by atoms with Crippen molar-refractivity contribution in [1.82, 2.24) is 0 Å². The van der Waals surface area contributed by atoms with E-state index in [-0.39, 0.29) is 5.17 Å². The zero-order valence-electron chi connectivity index (χ0n) is 12.0. The lowest BCUT2D eigenvalue weighted by Crippen LogP contribution is -2.06. The summed E-state index contributed by atoms with van der Waals surface area (Å²) in [7, 11) is 0. The van der Waals surface area contributed by atoms with Crippen LogP contribution in [0.15, 0.2) is 64.8 Å². The maximum Gasteiger partial charge on any atom is 0.416 e. The number of halogens is 3. The molecule has 0 amide bonds. The number of rotatable bonds is 4. The lowest BCUT2D eigenvalue weighted by atomic mass is 10.1. The molecule has 0 bridgehead atoms. The summed E-state index contributed by atoms with van der Waals surface area (Å²) in [6.45, 7) is 0. The summed E-state index contributed by atoms with van der Waals surface area (Å²) in [5.74, 6) is 0.648. The minimum absolute atomic E-state index is 0.247. The monoisotopic (exact) mass is 337 g/mol. The first kappa shape index (κ1) is 17.1. The quantitative estimate of drug-likeness (QED) is 0.514. The molecule has 0 aliphatic carbocycles. The van der Waals surface area contributed by atoms with Crippen molar-refractivity contribution in [2.24, 2.45) is 15.9 Å². The predicted octanol–water partition coefficient (Wildman–Crippen LogP) is 4.29. The molecule has 2 aromatic rings. The third kappa shape index (κ3) is 5.78. The van der Waals surface area contributed by atoms with Gasteiger partial charge in [-0.05, 0) is 23.3 Å². The molecule has 0 aliphatic rings. The van der Waals surface area contributed by atoms with Gasteiger partial charge in [-0.1, -0.05) is 54.2 Å². The second-order valence-corrected chi connectivity index (χ2v) is 5.58. The summed E-state index contributed by atoms with van der Waals surface area (Å²) in [5, 5.41) is 7.75. The Hall–Kier alpha value is -2.28. The number of benzene rings is 2. The van der Waals surface area contributed by atoms with Gasteiger partial charge in [0.05, 0.1) is 11.8 Å². The molecule has 0 saturated heterocycles. The van der Waals surface area contributed by atoms with Gasteiger partial charge in [0.1, 0.15) is 0 Å². The molecule has 0 unspecified atom stereocenters. The maximum atomic E-state index is 12.6. The van der Waals surface area contributed by atoms with Crippen LogP contribution in [0, 0.1) is 0 Å². The number of amidine groups is 1. The molecule has 7 heteroatoms. The summed E-state index contributed by atoms with van der Waals surface area (Å²) >= 11 is 1.31. The Morgan fingerprint density at radius 2 is 1.83 bits per heavy atom. The lowest BCUT2D eigenvalue weighted by Gasteiger charge is -2.06. The van der Waals surface area contributed by atoms with Crippen molar-refractivity contribution in [3.05, 3.63) is 71.3 Å². The van der Waals surface area contributed by atoms with Gasteiger partial charge in [0.2, 0.25) is 0 Å². The van der Waals surface area contributed by atoms with E-state index in [0.717, 1.165) is 17.7 Å². The van der Waals surface area contributed by atoms with Crippen LogP contribution in [0.5, 0.6) is 0 Å². The van der Waals surface area contributed by atoms with Gasteiger partial charge in [0.15, 0.2) is 5.17 Å². The Labute approximate surface area is 136 Å². The zero-order chi connectivity index (χ0) is 16.7. The number of thioether (sulfide) groups is 1. The average Bonchev–Trinajstić information content (AvgIpc) is 2.53. The SMILES string of the molecule is NC(=NN=Cc1cccc(C(F)(F)F)c1)SCc1ccccc1. The Morgan fingerprint density at radius 1 is 1.09 bits per heavy atom. The topological polar surface area (TPSA) is 50.7 Å². The number of hydrogen-bond acceptors (Lipinski definition) is 3. The van der Waals surface area contributed by atoms with Gasteiger partial charge in [0, 0.05) is 5.75 Å². The molecule has 23 heavy (non-hydrogen) atoms. The fourth-order valence-corrected chi connectivity index (χ4v) is 2.32. The van der Waals surface area contributed by atoms with Gasteiger partial charge in [-0.2, -0.15) is 18.3 Å². The molecule has 0 spiro atoms. The van der Waals surface area contributed by atoms with Crippen LogP contribution in [0.25, 0.3) is 0 Å². The summed E-state index contributed by atoms with van der Waals surface area (Å²) < 4.78 is 37.8. The Balaban J connectivity index is 1.95. The van der Waals surface area contributed by atoms with Crippen molar-refractivity contribution < 1.29 is 13.2 Å². The summed E-state index contributed by atoms with van der Waals surface area (Å²) in [6.07, 6.45) is -3.14. The normalized spacial score (nSPS) is 12.7. The molecule has 0 fully saturated rings. The van der Waals surface area contributed by atoms with Crippen molar-refractivity contribution in [1.29, 1.82) is 0 Å². The third-order valence-electron chi connectivity index (χ3n) is 2.81. The molecule has 0 saturated carbocycles. The third-order valence-corrected chi connectivity index (χ3v) is 3.66. The highest BCUT2D eigenvalue weighted by Gasteiger charge is 2.30. The molecule has 0 atom stereocenters. The summed E-state index contributed by atoms with van der Waals surface area (Å²) in [4.78, 5) is 0. The standard InChI is InChI=1S/C16H14F3N3S/c17-16(18,19)14-8-4-7-13(9-14)10-21-22-15(20)23-11-12-5-2-1-3-6-12/h1-10H,11H2,(H2,20,22). The van der Waals surface area contributed by atoms with E-state index in [2.05, 4.69) is 10.2 Å². The first-order chi connectivity index (χ1) is 10.9. The highest BCUT2D eigenvalue weighted by molar-refractivity contribution is 8.13. The first-order valence-electron chi connectivity index (χ1n) is 6.65. The molecule has 0 heterocycles. The molecule has 0 aromatic heterocycles. The second kappa shape index (κ2) is 7.82. The van der Waals surface area contributed by atoms with Crippen LogP contribution in [0.1, 0.15) is 16.7 Å². The van der Waals surface area contributed by atoms with Crippen molar-refractivity contribution in [2.45, 2.75) is 11.9 Å². The Bertz CT molecular complexity index is 697. The number of alkyl halides is 3. The van der Waals surface area contributed by atoms with Gasteiger partial charge in [-0.25, -0.2) is 0 Å². The van der Waals surface area contributed by atoms with Crippen LogP contribution < -0.4 is 5.73 Å².